The highest BCUT2D eigenvalue weighted by Crippen LogP contribution is 2.27. The zero-order valence-electron chi connectivity index (χ0n) is 16.4. The number of ether oxygens (including phenoxy) is 1. The molecule has 0 unspecified atom stereocenters. The van der Waals surface area contributed by atoms with E-state index < -0.39 is 10.9 Å². The van der Waals surface area contributed by atoms with Gasteiger partial charge in [0.05, 0.1) is 27.7 Å². The Labute approximate surface area is 178 Å². The number of nitro benzene ring substituents is 1. The highest BCUT2D eigenvalue weighted by Gasteiger charge is 2.16. The van der Waals surface area contributed by atoms with E-state index in [0.717, 1.165) is 18.3 Å². The molecule has 0 saturated carbocycles. The third-order valence-corrected chi connectivity index (χ3v) is 4.91. The fourth-order valence-corrected chi connectivity index (χ4v) is 3.59. The van der Waals surface area contributed by atoms with Crippen LogP contribution in [0, 0.1) is 10.1 Å². The van der Waals surface area contributed by atoms with Gasteiger partial charge in [-0.25, -0.2) is 0 Å². The lowest BCUT2D eigenvalue weighted by Gasteiger charge is -2.03. The number of thiazole rings is 1. The van der Waals surface area contributed by atoms with E-state index in [9.17, 15) is 14.9 Å². The minimum atomic E-state index is -0.833. The summed E-state index contributed by atoms with van der Waals surface area (Å²) in [6.45, 7) is 1.08. The van der Waals surface area contributed by atoms with Crippen molar-refractivity contribution in [2.75, 3.05) is 7.11 Å². The number of benzene rings is 2. The maximum Gasteiger partial charge on any atom is 0.300 e. The Hall–Kier alpha value is -4.12. The van der Waals surface area contributed by atoms with Gasteiger partial charge in [-0.2, -0.15) is 9.50 Å². The van der Waals surface area contributed by atoms with Crippen LogP contribution in [0.1, 0.15) is 12.5 Å². The molecule has 0 amide bonds. The van der Waals surface area contributed by atoms with Gasteiger partial charge in [-0.05, 0) is 24.3 Å². The predicted octanol–water partition coefficient (Wildman–Crippen LogP) is 2.37. The minimum Gasteiger partial charge on any atom is -0.496 e. The van der Waals surface area contributed by atoms with Gasteiger partial charge in [0.1, 0.15) is 5.75 Å². The largest absolute Gasteiger partial charge is 0.496 e. The number of hydrogen-bond donors (Lipinski definition) is 1. The standard InChI is InChI=1S/C18H12N4O4S.C2H4O2/c1-26-14-9-5-3-7-12(14)16-19-18-21(20-16)17(23)15(27-18)10-11-6-2-4-8-13(11)22(24)25;1-2(3)4/h2-10H,1H3;1H3,(H,3,4)/b15-10-;. The SMILES string of the molecule is CC(=O)O.COc1ccccc1-c1nc2s/c(=C\c3ccccc3[N+](=O)[O-])c(=O)n2n1. The molecule has 2 aromatic heterocycles. The van der Waals surface area contributed by atoms with Crippen LogP contribution in [-0.2, 0) is 4.79 Å². The molecule has 1 N–H and O–H groups in total. The highest BCUT2D eigenvalue weighted by molar-refractivity contribution is 7.15. The van der Waals surface area contributed by atoms with Crippen LogP contribution in [0.25, 0.3) is 22.4 Å². The number of nitrogens with zero attached hydrogens (tertiary/aromatic N) is 4. The van der Waals surface area contributed by atoms with Crippen molar-refractivity contribution in [1.29, 1.82) is 0 Å². The molecular weight excluding hydrogens is 424 g/mol. The molecule has 158 valence electrons. The van der Waals surface area contributed by atoms with E-state index in [1.54, 1.807) is 31.4 Å². The van der Waals surface area contributed by atoms with Gasteiger partial charge in [0.25, 0.3) is 17.2 Å². The fraction of sp³-hybridized carbons (Fsp3) is 0.100. The second kappa shape index (κ2) is 9.13. The number of methoxy groups -OCH3 is 1. The molecule has 2 aromatic carbocycles. The molecule has 0 saturated heterocycles. The lowest BCUT2D eigenvalue weighted by atomic mass is 10.2. The second-order valence-electron chi connectivity index (χ2n) is 6.08. The van der Waals surface area contributed by atoms with Crippen LogP contribution < -0.4 is 14.8 Å². The van der Waals surface area contributed by atoms with Gasteiger partial charge in [-0.1, -0.05) is 35.6 Å². The fourth-order valence-electron chi connectivity index (χ4n) is 2.69. The number of carboxylic acid groups (broad SMARTS) is 1. The van der Waals surface area contributed by atoms with E-state index >= 15 is 0 Å². The Kier molecular flexibility index (Phi) is 6.36. The molecule has 0 aliphatic heterocycles. The van der Waals surface area contributed by atoms with Gasteiger partial charge in [0, 0.05) is 13.0 Å². The maximum atomic E-state index is 12.7. The molecule has 4 aromatic rings. The summed E-state index contributed by atoms with van der Waals surface area (Å²) in [4.78, 5) is 37.1. The number of para-hydroxylation sites is 2. The van der Waals surface area contributed by atoms with Crippen LogP contribution in [-0.4, -0.2) is 37.7 Å². The van der Waals surface area contributed by atoms with Crippen LogP contribution in [0.3, 0.4) is 0 Å². The van der Waals surface area contributed by atoms with E-state index in [4.69, 9.17) is 14.6 Å². The molecule has 11 heteroatoms. The van der Waals surface area contributed by atoms with Crippen molar-refractivity contribution in [2.24, 2.45) is 0 Å². The first kappa shape index (κ1) is 21.6. The number of hydrogen-bond acceptors (Lipinski definition) is 8. The van der Waals surface area contributed by atoms with Gasteiger partial charge >= 0.3 is 0 Å². The molecule has 0 aliphatic rings. The third kappa shape index (κ3) is 4.73. The number of aliphatic carboxylic acids is 1. The van der Waals surface area contributed by atoms with Crippen LogP contribution in [0.5, 0.6) is 5.75 Å². The number of carbonyl (C=O) groups is 1. The summed E-state index contributed by atoms with van der Waals surface area (Å²) in [5.41, 5.74) is 0.598. The van der Waals surface area contributed by atoms with E-state index in [2.05, 4.69) is 10.1 Å². The number of rotatable bonds is 4. The van der Waals surface area contributed by atoms with E-state index in [1.807, 2.05) is 18.2 Å². The number of nitro groups is 1. The van der Waals surface area contributed by atoms with Gasteiger partial charge in [0.15, 0.2) is 5.82 Å². The summed E-state index contributed by atoms with van der Waals surface area (Å²) in [7, 11) is 1.55. The maximum absolute atomic E-state index is 12.7. The quantitative estimate of drug-likeness (QED) is 0.377. The van der Waals surface area contributed by atoms with E-state index in [1.165, 1.54) is 16.7 Å². The lowest BCUT2D eigenvalue weighted by molar-refractivity contribution is -0.385. The van der Waals surface area contributed by atoms with Gasteiger partial charge in [0.2, 0.25) is 4.96 Å². The Balaban J connectivity index is 0.000000628. The number of carboxylic acids is 1. The molecule has 0 bridgehead atoms. The monoisotopic (exact) mass is 440 g/mol. The Morgan fingerprint density at radius 2 is 1.87 bits per heavy atom. The predicted molar refractivity (Wildman–Crippen MR) is 114 cm³/mol. The molecule has 2 heterocycles. The Bertz CT molecular complexity index is 1370. The first-order valence-electron chi connectivity index (χ1n) is 8.79. The van der Waals surface area contributed by atoms with Crippen molar-refractivity contribution < 1.29 is 19.6 Å². The zero-order valence-corrected chi connectivity index (χ0v) is 17.2. The van der Waals surface area contributed by atoms with Gasteiger partial charge in [-0.15, -0.1) is 5.10 Å². The topological polar surface area (TPSA) is 137 Å². The number of fused-ring (bicyclic) bond motifs is 1. The van der Waals surface area contributed by atoms with Crippen LogP contribution in [0.4, 0.5) is 5.69 Å². The molecule has 0 radical (unpaired) electrons. The van der Waals surface area contributed by atoms with Crippen molar-refractivity contribution in [3.63, 3.8) is 0 Å². The van der Waals surface area contributed by atoms with Crippen LogP contribution in [0.2, 0.25) is 0 Å². The second-order valence-corrected chi connectivity index (χ2v) is 7.09. The van der Waals surface area contributed by atoms with E-state index in [0.29, 0.717) is 32.2 Å². The van der Waals surface area contributed by atoms with Crippen molar-refractivity contribution in [2.45, 2.75) is 6.92 Å². The molecule has 0 atom stereocenters. The summed E-state index contributed by atoms with van der Waals surface area (Å²) in [5, 5.41) is 22.8. The average molecular weight is 440 g/mol. The minimum absolute atomic E-state index is 0.0642. The van der Waals surface area contributed by atoms with E-state index in [-0.39, 0.29) is 11.2 Å². The molecule has 10 nitrogen and oxygen atoms in total. The van der Waals surface area contributed by atoms with Gasteiger partial charge < -0.3 is 9.84 Å². The summed E-state index contributed by atoms with van der Waals surface area (Å²) in [6.07, 6.45) is 1.49. The Morgan fingerprint density at radius 1 is 1.23 bits per heavy atom. The number of aromatic nitrogens is 3. The zero-order chi connectivity index (χ0) is 22.5. The molecule has 0 aliphatic carbocycles. The van der Waals surface area contributed by atoms with Crippen molar-refractivity contribution in [3.8, 4) is 17.1 Å². The highest BCUT2D eigenvalue weighted by atomic mass is 32.1. The van der Waals surface area contributed by atoms with Crippen LogP contribution in [0.15, 0.2) is 53.3 Å². The normalized spacial score (nSPS) is 11.1. The van der Waals surface area contributed by atoms with Crippen molar-refractivity contribution in [3.05, 3.63) is 79.1 Å². The molecular formula is C20H16N4O6S. The Morgan fingerprint density at radius 3 is 2.52 bits per heavy atom. The summed E-state index contributed by atoms with van der Waals surface area (Å²) < 4.78 is 6.83. The molecule has 31 heavy (non-hydrogen) atoms. The lowest BCUT2D eigenvalue weighted by Crippen LogP contribution is -2.23. The van der Waals surface area contributed by atoms with Crippen LogP contribution >= 0.6 is 11.3 Å². The third-order valence-electron chi connectivity index (χ3n) is 3.95. The average Bonchev–Trinajstić information content (AvgIpc) is 3.27. The smallest absolute Gasteiger partial charge is 0.300 e. The van der Waals surface area contributed by atoms with Crippen molar-refractivity contribution in [1.82, 2.24) is 14.6 Å². The first-order chi connectivity index (χ1) is 14.8. The first-order valence-corrected chi connectivity index (χ1v) is 9.61. The summed E-state index contributed by atoms with van der Waals surface area (Å²) >= 11 is 1.13. The summed E-state index contributed by atoms with van der Waals surface area (Å²) in [6, 6.07) is 13.5. The summed E-state index contributed by atoms with van der Waals surface area (Å²) in [5.74, 6) is 0.156. The molecule has 0 fully saturated rings. The molecule has 0 spiro atoms. The van der Waals surface area contributed by atoms with Gasteiger partial charge in [-0.3, -0.25) is 19.7 Å². The van der Waals surface area contributed by atoms with Crippen molar-refractivity contribution >= 4 is 34.0 Å². The molecule has 4 rings (SSSR count).